The summed E-state index contributed by atoms with van der Waals surface area (Å²) in [7, 11) is 1.67. The molecule has 78 valence electrons. The van der Waals surface area contributed by atoms with Gasteiger partial charge in [0.25, 0.3) is 0 Å². The Labute approximate surface area is 80.4 Å². The molecule has 0 spiro atoms. The van der Waals surface area contributed by atoms with Gasteiger partial charge in [-0.15, -0.1) is 0 Å². The Bertz CT molecular complexity index is 162. The molecule has 0 fully saturated rings. The molecular weight excluding hydrogens is 168 g/mol. The zero-order valence-corrected chi connectivity index (χ0v) is 9.22. The van der Waals surface area contributed by atoms with Gasteiger partial charge in [-0.3, -0.25) is 0 Å². The minimum atomic E-state index is -0.677. The third-order valence-corrected chi connectivity index (χ3v) is 2.01. The summed E-state index contributed by atoms with van der Waals surface area (Å²) in [5.74, 6) is 0. The molecule has 0 saturated heterocycles. The molecule has 0 saturated carbocycles. The lowest BCUT2D eigenvalue weighted by Gasteiger charge is -2.25. The summed E-state index contributed by atoms with van der Waals surface area (Å²) in [5.41, 5.74) is -0.858. The lowest BCUT2D eigenvalue weighted by atomic mass is 10.1. The smallest absolute Gasteiger partial charge is 0.151 e. The number of carbonyl (C=O) groups excluding carboxylic acids is 1. The Morgan fingerprint density at radius 1 is 1.23 bits per heavy atom. The maximum Gasteiger partial charge on any atom is 0.151 e. The second kappa shape index (κ2) is 4.72. The first-order valence-corrected chi connectivity index (χ1v) is 4.48. The molecule has 13 heavy (non-hydrogen) atoms. The minimum Gasteiger partial charge on any atom is -0.379 e. The number of ether oxygens (including phenoxy) is 2. The zero-order valence-electron chi connectivity index (χ0n) is 9.22. The van der Waals surface area contributed by atoms with Crippen molar-refractivity contribution in [2.45, 2.75) is 45.3 Å². The highest BCUT2D eigenvalue weighted by Crippen LogP contribution is 2.15. The average molecular weight is 188 g/mol. The van der Waals surface area contributed by atoms with Gasteiger partial charge in [-0.2, -0.15) is 0 Å². The van der Waals surface area contributed by atoms with E-state index in [0.29, 0.717) is 6.61 Å². The van der Waals surface area contributed by atoms with Crippen LogP contribution < -0.4 is 0 Å². The van der Waals surface area contributed by atoms with Crippen LogP contribution in [-0.4, -0.2) is 31.2 Å². The molecule has 0 atom stereocenters. The van der Waals surface area contributed by atoms with E-state index in [9.17, 15) is 4.79 Å². The van der Waals surface area contributed by atoms with E-state index >= 15 is 0 Å². The Balaban J connectivity index is 3.74. The van der Waals surface area contributed by atoms with Crippen molar-refractivity contribution >= 4 is 6.29 Å². The van der Waals surface area contributed by atoms with Gasteiger partial charge in [0, 0.05) is 7.11 Å². The van der Waals surface area contributed by atoms with Gasteiger partial charge >= 0.3 is 0 Å². The Morgan fingerprint density at radius 2 is 1.77 bits per heavy atom. The van der Waals surface area contributed by atoms with Crippen molar-refractivity contribution in [1.82, 2.24) is 0 Å². The van der Waals surface area contributed by atoms with Gasteiger partial charge in [-0.25, -0.2) is 0 Å². The van der Waals surface area contributed by atoms with E-state index in [1.165, 1.54) is 0 Å². The van der Waals surface area contributed by atoms with Gasteiger partial charge in [0.2, 0.25) is 0 Å². The van der Waals surface area contributed by atoms with Gasteiger partial charge in [-0.05, 0) is 34.1 Å². The van der Waals surface area contributed by atoms with Gasteiger partial charge in [0.05, 0.1) is 12.2 Å². The fraction of sp³-hybridized carbons (Fsp3) is 0.900. The van der Waals surface area contributed by atoms with Crippen LogP contribution in [0.3, 0.4) is 0 Å². The zero-order chi connectivity index (χ0) is 10.5. The van der Waals surface area contributed by atoms with E-state index in [4.69, 9.17) is 9.47 Å². The largest absolute Gasteiger partial charge is 0.379 e. The molecular formula is C10H20O3. The summed E-state index contributed by atoms with van der Waals surface area (Å²) in [6.07, 6.45) is 1.59. The van der Waals surface area contributed by atoms with Gasteiger partial charge in [0.15, 0.2) is 6.29 Å². The van der Waals surface area contributed by atoms with Gasteiger partial charge < -0.3 is 14.3 Å². The van der Waals surface area contributed by atoms with E-state index in [2.05, 4.69) is 0 Å². The van der Waals surface area contributed by atoms with Gasteiger partial charge in [0.1, 0.15) is 5.60 Å². The number of hydrogen-bond acceptors (Lipinski definition) is 3. The van der Waals surface area contributed by atoms with Crippen molar-refractivity contribution in [1.29, 1.82) is 0 Å². The highest BCUT2D eigenvalue weighted by molar-refractivity contribution is 5.60. The number of rotatable bonds is 6. The minimum absolute atomic E-state index is 0.182. The first-order valence-electron chi connectivity index (χ1n) is 4.48. The van der Waals surface area contributed by atoms with Crippen LogP contribution in [0.2, 0.25) is 0 Å². The Morgan fingerprint density at radius 3 is 2.15 bits per heavy atom. The van der Waals surface area contributed by atoms with E-state index in [0.717, 1.165) is 12.7 Å². The molecule has 0 aromatic heterocycles. The van der Waals surface area contributed by atoms with Crippen LogP contribution >= 0.6 is 0 Å². The van der Waals surface area contributed by atoms with Crippen molar-refractivity contribution in [2.75, 3.05) is 13.7 Å². The molecule has 0 amide bonds. The maximum absolute atomic E-state index is 10.5. The molecule has 0 heterocycles. The van der Waals surface area contributed by atoms with Crippen LogP contribution in [0, 0.1) is 0 Å². The predicted molar refractivity (Wildman–Crippen MR) is 51.8 cm³/mol. The van der Waals surface area contributed by atoms with Crippen molar-refractivity contribution in [3.05, 3.63) is 0 Å². The molecule has 0 rings (SSSR count). The highest BCUT2D eigenvalue weighted by Gasteiger charge is 2.20. The fourth-order valence-corrected chi connectivity index (χ4v) is 0.696. The number of aldehydes is 1. The summed E-state index contributed by atoms with van der Waals surface area (Å²) in [5, 5.41) is 0. The van der Waals surface area contributed by atoms with E-state index < -0.39 is 5.60 Å². The molecule has 3 heteroatoms. The number of carbonyl (C=O) groups is 1. The lowest BCUT2D eigenvalue weighted by Crippen LogP contribution is -2.30. The first-order chi connectivity index (χ1) is 5.83. The Hall–Kier alpha value is -0.410. The summed E-state index contributed by atoms with van der Waals surface area (Å²) in [6.45, 7) is 8.01. The standard InChI is InChI=1S/C10H20O3/c1-9(2,12-5)6-7-13-10(3,4)8-11/h8H,6-7H2,1-5H3. The number of hydrogen-bond donors (Lipinski definition) is 0. The summed E-state index contributed by atoms with van der Waals surface area (Å²) < 4.78 is 10.6. The summed E-state index contributed by atoms with van der Waals surface area (Å²) >= 11 is 0. The topological polar surface area (TPSA) is 35.5 Å². The third kappa shape index (κ3) is 5.77. The normalized spacial score (nSPS) is 13.0. The van der Waals surface area contributed by atoms with Crippen LogP contribution in [0.4, 0.5) is 0 Å². The second-order valence-electron chi connectivity index (χ2n) is 4.28. The lowest BCUT2D eigenvalue weighted by molar-refractivity contribution is -0.129. The van der Waals surface area contributed by atoms with Crippen molar-refractivity contribution in [2.24, 2.45) is 0 Å². The third-order valence-electron chi connectivity index (χ3n) is 2.01. The van der Waals surface area contributed by atoms with Crippen molar-refractivity contribution in [3.8, 4) is 0 Å². The molecule has 0 unspecified atom stereocenters. The van der Waals surface area contributed by atoms with Crippen molar-refractivity contribution in [3.63, 3.8) is 0 Å². The average Bonchev–Trinajstić information content (AvgIpc) is 2.04. The summed E-state index contributed by atoms with van der Waals surface area (Å²) in [4.78, 5) is 10.5. The SMILES string of the molecule is COC(C)(C)CCOC(C)(C)C=O. The van der Waals surface area contributed by atoms with Gasteiger partial charge in [-0.1, -0.05) is 0 Å². The summed E-state index contributed by atoms with van der Waals surface area (Å²) in [6, 6.07) is 0. The van der Waals surface area contributed by atoms with Crippen LogP contribution in [-0.2, 0) is 14.3 Å². The van der Waals surface area contributed by atoms with E-state index in [-0.39, 0.29) is 5.60 Å². The second-order valence-corrected chi connectivity index (χ2v) is 4.28. The van der Waals surface area contributed by atoms with Crippen molar-refractivity contribution < 1.29 is 14.3 Å². The molecule has 0 N–H and O–H groups in total. The van der Waals surface area contributed by atoms with E-state index in [1.807, 2.05) is 13.8 Å². The monoisotopic (exact) mass is 188 g/mol. The molecule has 0 aromatic carbocycles. The molecule has 0 bridgehead atoms. The Kier molecular flexibility index (Phi) is 4.57. The van der Waals surface area contributed by atoms with Crippen LogP contribution in [0.1, 0.15) is 34.1 Å². The van der Waals surface area contributed by atoms with Crippen LogP contribution in [0.5, 0.6) is 0 Å². The molecule has 0 aliphatic rings. The van der Waals surface area contributed by atoms with Crippen LogP contribution in [0.25, 0.3) is 0 Å². The first kappa shape index (κ1) is 12.6. The molecule has 0 aliphatic heterocycles. The quantitative estimate of drug-likeness (QED) is 0.596. The molecule has 0 radical (unpaired) electrons. The molecule has 0 aliphatic carbocycles. The molecule has 3 nitrogen and oxygen atoms in total. The fourth-order valence-electron chi connectivity index (χ4n) is 0.696. The predicted octanol–water partition coefficient (Wildman–Crippen LogP) is 1.80. The maximum atomic E-state index is 10.5. The number of methoxy groups -OCH3 is 1. The highest BCUT2D eigenvalue weighted by atomic mass is 16.5. The molecule has 0 aromatic rings. The van der Waals surface area contributed by atoms with E-state index in [1.54, 1.807) is 21.0 Å². The van der Waals surface area contributed by atoms with Crippen LogP contribution in [0.15, 0.2) is 0 Å².